The first-order valence-electron chi connectivity index (χ1n) is 7.45. The van der Waals surface area contributed by atoms with Crippen molar-refractivity contribution in [2.24, 2.45) is 0 Å². The number of fused-ring (bicyclic) bond motifs is 1. The van der Waals surface area contributed by atoms with Crippen molar-refractivity contribution >= 4 is 17.0 Å². The van der Waals surface area contributed by atoms with Crippen LogP contribution in [0, 0.1) is 5.82 Å². The number of rotatable bonds is 3. The van der Waals surface area contributed by atoms with Gasteiger partial charge in [-0.15, -0.1) is 0 Å². The Balaban J connectivity index is 2.02. The number of aryl methyl sites for hydroxylation is 1. The number of pyridine rings is 1. The van der Waals surface area contributed by atoms with Gasteiger partial charge in [-0.2, -0.15) is 14.8 Å². The minimum Gasteiger partial charge on any atom is -0.368 e. The SMILES string of the molecule is CCn1c(-n2ncnc2N)nc2cncc(-c3ccc(F)cc3)c21. The molecule has 0 bridgehead atoms. The lowest BCUT2D eigenvalue weighted by Gasteiger charge is -2.09. The van der Waals surface area contributed by atoms with Gasteiger partial charge in [-0.05, 0) is 24.6 Å². The smallest absolute Gasteiger partial charge is 0.235 e. The Morgan fingerprint density at radius 3 is 2.62 bits per heavy atom. The second-order valence-electron chi connectivity index (χ2n) is 5.25. The van der Waals surface area contributed by atoms with Crippen LogP contribution in [0.25, 0.3) is 28.1 Å². The number of hydrogen-bond donors (Lipinski definition) is 1. The van der Waals surface area contributed by atoms with E-state index in [4.69, 9.17) is 5.73 Å². The third-order valence-corrected chi connectivity index (χ3v) is 3.87. The molecule has 4 aromatic rings. The first kappa shape index (κ1) is 14.3. The molecule has 0 aliphatic heterocycles. The van der Waals surface area contributed by atoms with Crippen LogP contribution in [-0.4, -0.2) is 29.3 Å². The zero-order chi connectivity index (χ0) is 16.7. The van der Waals surface area contributed by atoms with Gasteiger partial charge < -0.3 is 10.3 Å². The van der Waals surface area contributed by atoms with Crippen LogP contribution < -0.4 is 5.73 Å². The Labute approximate surface area is 136 Å². The van der Waals surface area contributed by atoms with Gasteiger partial charge in [-0.25, -0.2) is 9.37 Å². The maximum absolute atomic E-state index is 13.2. The number of imidazole rings is 1. The monoisotopic (exact) mass is 323 g/mol. The van der Waals surface area contributed by atoms with Crippen molar-refractivity contribution in [1.82, 2.24) is 29.3 Å². The summed E-state index contributed by atoms with van der Waals surface area (Å²) in [4.78, 5) is 12.8. The van der Waals surface area contributed by atoms with E-state index in [1.54, 1.807) is 24.5 Å². The molecule has 0 unspecified atom stereocenters. The topological polar surface area (TPSA) is 87.4 Å². The fourth-order valence-corrected chi connectivity index (χ4v) is 2.78. The summed E-state index contributed by atoms with van der Waals surface area (Å²) in [6.45, 7) is 2.66. The van der Waals surface area contributed by atoms with Crippen LogP contribution in [0.3, 0.4) is 0 Å². The van der Waals surface area contributed by atoms with Crippen LogP contribution >= 0.6 is 0 Å². The fraction of sp³-hybridized carbons (Fsp3) is 0.125. The van der Waals surface area contributed by atoms with Crippen LogP contribution in [0.5, 0.6) is 0 Å². The van der Waals surface area contributed by atoms with Crippen molar-refractivity contribution in [3.8, 4) is 17.1 Å². The molecule has 24 heavy (non-hydrogen) atoms. The van der Waals surface area contributed by atoms with Crippen LogP contribution in [-0.2, 0) is 6.54 Å². The average Bonchev–Trinajstić information content (AvgIpc) is 3.18. The fourth-order valence-electron chi connectivity index (χ4n) is 2.78. The van der Waals surface area contributed by atoms with Gasteiger partial charge in [0.2, 0.25) is 11.9 Å². The highest BCUT2D eigenvalue weighted by atomic mass is 19.1. The molecule has 0 saturated carbocycles. The lowest BCUT2D eigenvalue weighted by molar-refractivity contribution is 0.628. The predicted octanol–water partition coefficient (Wildman–Crippen LogP) is 2.42. The number of hydrogen-bond acceptors (Lipinski definition) is 5. The van der Waals surface area contributed by atoms with E-state index < -0.39 is 0 Å². The minimum atomic E-state index is -0.279. The van der Waals surface area contributed by atoms with E-state index in [0.717, 1.165) is 16.6 Å². The van der Waals surface area contributed by atoms with E-state index in [-0.39, 0.29) is 11.8 Å². The minimum absolute atomic E-state index is 0.260. The number of halogens is 1. The Morgan fingerprint density at radius 2 is 1.96 bits per heavy atom. The van der Waals surface area contributed by atoms with Crippen molar-refractivity contribution < 1.29 is 4.39 Å². The summed E-state index contributed by atoms with van der Waals surface area (Å²) in [5, 5.41) is 4.13. The summed E-state index contributed by atoms with van der Waals surface area (Å²) in [5.41, 5.74) is 9.20. The van der Waals surface area contributed by atoms with Crippen molar-refractivity contribution in [3.05, 3.63) is 48.8 Å². The highest BCUT2D eigenvalue weighted by Crippen LogP contribution is 2.30. The van der Waals surface area contributed by atoms with Gasteiger partial charge in [0.05, 0.1) is 11.7 Å². The molecular weight excluding hydrogens is 309 g/mol. The second-order valence-corrected chi connectivity index (χ2v) is 5.25. The molecule has 1 aromatic carbocycles. The summed E-state index contributed by atoms with van der Waals surface area (Å²) >= 11 is 0. The molecule has 3 aromatic heterocycles. The second kappa shape index (κ2) is 5.41. The molecule has 0 aliphatic carbocycles. The number of nitrogens with two attached hydrogens (primary N) is 1. The standard InChI is InChI=1S/C16H14FN7/c1-2-23-14-12(10-3-5-11(17)6-4-10)7-19-8-13(14)22-16(23)24-15(18)20-9-21-24/h3-9H,2H2,1H3,(H2,18,20,21). The predicted molar refractivity (Wildman–Crippen MR) is 87.9 cm³/mol. The largest absolute Gasteiger partial charge is 0.368 e. The summed E-state index contributed by atoms with van der Waals surface area (Å²) in [6, 6.07) is 6.30. The summed E-state index contributed by atoms with van der Waals surface area (Å²) < 4.78 is 16.7. The van der Waals surface area contributed by atoms with E-state index >= 15 is 0 Å². The van der Waals surface area contributed by atoms with Gasteiger partial charge in [0.15, 0.2) is 0 Å². The van der Waals surface area contributed by atoms with Crippen molar-refractivity contribution in [2.45, 2.75) is 13.5 Å². The highest BCUT2D eigenvalue weighted by molar-refractivity contribution is 5.92. The van der Waals surface area contributed by atoms with Gasteiger partial charge >= 0.3 is 0 Å². The number of benzene rings is 1. The Morgan fingerprint density at radius 1 is 1.17 bits per heavy atom. The summed E-state index contributed by atoms with van der Waals surface area (Å²) in [5.74, 6) is 0.550. The molecule has 3 heterocycles. The third kappa shape index (κ3) is 2.11. The maximum Gasteiger partial charge on any atom is 0.235 e. The Bertz CT molecular complexity index is 1020. The molecule has 0 radical (unpaired) electrons. The molecule has 0 amide bonds. The molecule has 0 aliphatic rings. The van der Waals surface area contributed by atoms with Crippen LogP contribution in [0.1, 0.15) is 6.92 Å². The molecular formula is C16H14FN7. The first-order valence-corrected chi connectivity index (χ1v) is 7.45. The van der Waals surface area contributed by atoms with Gasteiger partial charge in [0.25, 0.3) is 0 Å². The number of anilines is 1. The lowest BCUT2D eigenvalue weighted by Crippen LogP contribution is -2.10. The maximum atomic E-state index is 13.2. The summed E-state index contributed by atoms with van der Waals surface area (Å²) in [6.07, 6.45) is 4.82. The summed E-state index contributed by atoms with van der Waals surface area (Å²) in [7, 11) is 0. The molecule has 0 fully saturated rings. The Kier molecular flexibility index (Phi) is 3.23. The number of nitrogen functional groups attached to an aromatic ring is 1. The molecule has 8 heteroatoms. The van der Waals surface area contributed by atoms with E-state index in [2.05, 4.69) is 20.1 Å². The number of nitrogens with zero attached hydrogens (tertiary/aromatic N) is 6. The molecule has 0 saturated heterocycles. The van der Waals surface area contributed by atoms with E-state index in [0.29, 0.717) is 18.0 Å². The van der Waals surface area contributed by atoms with Crippen LogP contribution in [0.2, 0.25) is 0 Å². The van der Waals surface area contributed by atoms with Crippen molar-refractivity contribution in [1.29, 1.82) is 0 Å². The van der Waals surface area contributed by atoms with Crippen LogP contribution in [0.4, 0.5) is 10.3 Å². The lowest BCUT2D eigenvalue weighted by atomic mass is 10.1. The Hall–Kier alpha value is -3.29. The van der Waals surface area contributed by atoms with Gasteiger partial charge in [0, 0.05) is 18.3 Å². The molecule has 4 rings (SSSR count). The van der Waals surface area contributed by atoms with Gasteiger partial charge in [-0.1, -0.05) is 12.1 Å². The van der Waals surface area contributed by atoms with Crippen molar-refractivity contribution in [3.63, 3.8) is 0 Å². The molecule has 0 atom stereocenters. The molecule has 0 spiro atoms. The van der Waals surface area contributed by atoms with Gasteiger partial charge in [-0.3, -0.25) is 4.98 Å². The normalized spacial score (nSPS) is 11.2. The first-order chi connectivity index (χ1) is 11.7. The van der Waals surface area contributed by atoms with Crippen LogP contribution in [0.15, 0.2) is 43.0 Å². The molecule has 7 nitrogen and oxygen atoms in total. The highest BCUT2D eigenvalue weighted by Gasteiger charge is 2.18. The average molecular weight is 323 g/mol. The van der Waals surface area contributed by atoms with Crippen molar-refractivity contribution in [2.75, 3.05) is 5.73 Å². The van der Waals surface area contributed by atoms with E-state index in [1.807, 2.05) is 11.5 Å². The molecule has 2 N–H and O–H groups in total. The zero-order valence-electron chi connectivity index (χ0n) is 12.9. The zero-order valence-corrected chi connectivity index (χ0v) is 12.9. The van der Waals surface area contributed by atoms with E-state index in [1.165, 1.54) is 23.1 Å². The number of aromatic nitrogens is 6. The third-order valence-electron chi connectivity index (χ3n) is 3.87. The van der Waals surface area contributed by atoms with Gasteiger partial charge in [0.1, 0.15) is 17.7 Å². The van der Waals surface area contributed by atoms with E-state index in [9.17, 15) is 4.39 Å². The quantitative estimate of drug-likeness (QED) is 0.625. The molecule has 120 valence electrons.